The van der Waals surface area contributed by atoms with Gasteiger partial charge in [-0.3, -0.25) is 23.6 Å². The lowest BCUT2D eigenvalue weighted by Gasteiger charge is -2.24. The van der Waals surface area contributed by atoms with E-state index in [0.717, 1.165) is 34.5 Å². The molecule has 0 amide bonds. The molecule has 8 nitrogen and oxygen atoms in total. The first-order valence-corrected chi connectivity index (χ1v) is 12.4. The monoisotopic (exact) mass is 482 g/mol. The van der Waals surface area contributed by atoms with Crippen LogP contribution in [0.4, 0.5) is 5.82 Å². The molecule has 0 saturated carbocycles. The molecule has 4 rings (SSSR count). The van der Waals surface area contributed by atoms with Crippen LogP contribution >= 0.6 is 11.3 Å². The lowest BCUT2D eigenvalue weighted by atomic mass is 10.1. The minimum Gasteiger partial charge on any atom is -0.384 e. The molecule has 0 unspecified atom stereocenters. The van der Waals surface area contributed by atoms with Crippen LogP contribution in [0.15, 0.2) is 57.4 Å². The summed E-state index contributed by atoms with van der Waals surface area (Å²) in [5.74, 6) is -0.470. The summed E-state index contributed by atoms with van der Waals surface area (Å²) in [6.07, 6.45) is 2.01. The van der Waals surface area contributed by atoms with Crippen LogP contribution in [0, 0.1) is 0 Å². The molecule has 0 spiro atoms. The van der Waals surface area contributed by atoms with Crippen LogP contribution in [0.5, 0.6) is 0 Å². The van der Waals surface area contributed by atoms with Gasteiger partial charge in [-0.05, 0) is 36.8 Å². The molecule has 1 aliphatic rings. The van der Waals surface area contributed by atoms with Crippen LogP contribution in [0.3, 0.4) is 0 Å². The summed E-state index contributed by atoms with van der Waals surface area (Å²) in [7, 11) is 0. The Bertz CT molecular complexity index is 1230. The molecule has 0 aliphatic carbocycles. The molecule has 0 bridgehead atoms. The van der Waals surface area contributed by atoms with Gasteiger partial charge in [-0.25, -0.2) is 4.79 Å². The highest BCUT2D eigenvalue weighted by Crippen LogP contribution is 2.18. The third-order valence-electron chi connectivity index (χ3n) is 6.06. The lowest BCUT2D eigenvalue weighted by Crippen LogP contribution is -2.45. The van der Waals surface area contributed by atoms with Gasteiger partial charge in [0.2, 0.25) is 0 Å². The number of carbonyl (C=O) groups excluding carboxylic acids is 1. The number of thiophene rings is 1. The van der Waals surface area contributed by atoms with E-state index in [-0.39, 0.29) is 42.9 Å². The van der Waals surface area contributed by atoms with Crippen LogP contribution in [0.2, 0.25) is 0 Å². The number of carbonyl (C=O) groups is 1. The molecule has 1 atom stereocenters. The van der Waals surface area contributed by atoms with Crippen molar-refractivity contribution < 1.29 is 9.53 Å². The molecule has 34 heavy (non-hydrogen) atoms. The Balaban J connectivity index is 1.66. The minimum atomic E-state index is -0.632. The summed E-state index contributed by atoms with van der Waals surface area (Å²) in [5, 5.41) is 2.00. The van der Waals surface area contributed by atoms with Crippen LogP contribution in [-0.4, -0.2) is 45.6 Å². The van der Waals surface area contributed by atoms with Crippen molar-refractivity contribution in [3.63, 3.8) is 0 Å². The van der Waals surface area contributed by atoms with E-state index in [1.165, 1.54) is 4.57 Å². The normalized spacial score (nSPS) is 15.8. The van der Waals surface area contributed by atoms with E-state index in [4.69, 9.17) is 10.5 Å². The SMILES string of the molecule is CCn1c(=O)c(C(=O)CN(Cc2cccs2)C[C@H]2CCCO2)c(N)n(Cc2ccccc2)c1=O. The molecule has 3 aromatic rings. The van der Waals surface area contributed by atoms with Gasteiger partial charge in [-0.2, -0.15) is 0 Å². The van der Waals surface area contributed by atoms with E-state index in [2.05, 4.69) is 0 Å². The number of rotatable bonds is 10. The Kier molecular flexibility index (Phi) is 7.77. The Morgan fingerprint density at radius 1 is 1.18 bits per heavy atom. The van der Waals surface area contributed by atoms with Crippen LogP contribution in [0.1, 0.15) is 40.6 Å². The third kappa shape index (κ3) is 5.38. The minimum absolute atomic E-state index is 0.0183. The number of nitrogens with two attached hydrogens (primary N) is 1. The number of hydrogen-bond donors (Lipinski definition) is 1. The van der Waals surface area contributed by atoms with Crippen LogP contribution in [-0.2, 0) is 24.4 Å². The zero-order valence-corrected chi connectivity index (χ0v) is 20.1. The first kappa shape index (κ1) is 24.1. The highest BCUT2D eigenvalue weighted by atomic mass is 32.1. The summed E-state index contributed by atoms with van der Waals surface area (Å²) < 4.78 is 8.19. The second kappa shape index (κ2) is 10.9. The van der Waals surface area contributed by atoms with Gasteiger partial charge in [-0.1, -0.05) is 36.4 Å². The predicted octanol–water partition coefficient (Wildman–Crippen LogP) is 2.59. The van der Waals surface area contributed by atoms with Gasteiger partial charge in [0.15, 0.2) is 5.78 Å². The summed E-state index contributed by atoms with van der Waals surface area (Å²) in [4.78, 5) is 42.8. The number of benzene rings is 1. The van der Waals surface area contributed by atoms with Crippen molar-refractivity contribution in [2.24, 2.45) is 0 Å². The molecule has 2 aromatic heterocycles. The maximum absolute atomic E-state index is 13.5. The van der Waals surface area contributed by atoms with Crippen molar-refractivity contribution in [2.45, 2.75) is 45.5 Å². The van der Waals surface area contributed by atoms with Crippen molar-refractivity contribution in [1.29, 1.82) is 0 Å². The summed E-state index contributed by atoms with van der Waals surface area (Å²) >= 11 is 1.62. The number of ketones is 1. The molecular formula is C25H30N4O4S. The standard InChI is InChI=1S/C25H30N4O4S/c1-2-28-24(31)22(23(26)29(25(28)32)14-18-8-4-3-5-9-18)21(30)17-27(15-19-10-6-12-33-19)16-20-11-7-13-34-20/h3-5,7-9,11,13,19H,2,6,10,12,14-17,26H2,1H3/t19-/m1/s1. The number of aromatic nitrogens is 2. The molecule has 1 saturated heterocycles. The quantitative estimate of drug-likeness (QED) is 0.446. The smallest absolute Gasteiger partial charge is 0.332 e. The summed E-state index contributed by atoms with van der Waals surface area (Å²) in [6, 6.07) is 13.4. The second-order valence-corrected chi connectivity index (χ2v) is 9.50. The van der Waals surface area contributed by atoms with Gasteiger partial charge in [0.1, 0.15) is 11.4 Å². The number of nitrogens with zero attached hydrogens (tertiary/aromatic N) is 3. The van der Waals surface area contributed by atoms with Gasteiger partial charge in [0, 0.05) is 31.1 Å². The first-order valence-electron chi connectivity index (χ1n) is 11.5. The number of hydrogen-bond acceptors (Lipinski definition) is 7. The molecular weight excluding hydrogens is 452 g/mol. The van der Waals surface area contributed by atoms with E-state index < -0.39 is 11.2 Å². The van der Waals surface area contributed by atoms with Gasteiger partial charge in [-0.15, -0.1) is 11.3 Å². The van der Waals surface area contributed by atoms with Crippen molar-refractivity contribution in [3.8, 4) is 0 Å². The first-order chi connectivity index (χ1) is 16.5. The van der Waals surface area contributed by atoms with Crippen LogP contribution < -0.4 is 17.0 Å². The lowest BCUT2D eigenvalue weighted by molar-refractivity contribution is 0.0652. The van der Waals surface area contributed by atoms with E-state index >= 15 is 0 Å². The summed E-state index contributed by atoms with van der Waals surface area (Å²) in [5.41, 5.74) is 5.91. The largest absolute Gasteiger partial charge is 0.384 e. The maximum atomic E-state index is 13.5. The zero-order chi connectivity index (χ0) is 24.1. The molecule has 3 heterocycles. The fraction of sp³-hybridized carbons (Fsp3) is 0.400. The van der Waals surface area contributed by atoms with Crippen molar-refractivity contribution in [1.82, 2.24) is 14.0 Å². The Hall–Kier alpha value is -3.01. The topological polar surface area (TPSA) is 99.6 Å². The predicted molar refractivity (Wildman–Crippen MR) is 133 cm³/mol. The number of Topliss-reactive ketones (excluding diaryl/α,β-unsaturated/α-hetero) is 1. The third-order valence-corrected chi connectivity index (χ3v) is 6.92. The summed E-state index contributed by atoms with van der Waals surface area (Å²) in [6.45, 7) is 3.96. The van der Waals surface area contributed by atoms with E-state index in [9.17, 15) is 14.4 Å². The molecule has 2 N–H and O–H groups in total. The van der Waals surface area contributed by atoms with Crippen molar-refractivity contribution >= 4 is 22.9 Å². The molecule has 9 heteroatoms. The Labute approximate surface area is 202 Å². The van der Waals surface area contributed by atoms with E-state index in [0.29, 0.717) is 13.1 Å². The highest BCUT2D eigenvalue weighted by Gasteiger charge is 2.26. The van der Waals surface area contributed by atoms with E-state index in [1.54, 1.807) is 18.3 Å². The number of anilines is 1. The number of ether oxygens (including phenoxy) is 1. The number of nitrogen functional groups attached to an aromatic ring is 1. The fourth-order valence-corrected chi connectivity index (χ4v) is 5.09. The Morgan fingerprint density at radius 3 is 2.62 bits per heavy atom. The van der Waals surface area contributed by atoms with Crippen molar-refractivity contribution in [2.75, 3.05) is 25.4 Å². The average molecular weight is 483 g/mol. The molecule has 0 radical (unpaired) electrons. The molecule has 1 fully saturated rings. The second-order valence-electron chi connectivity index (χ2n) is 8.47. The van der Waals surface area contributed by atoms with Gasteiger partial charge >= 0.3 is 5.69 Å². The maximum Gasteiger partial charge on any atom is 0.332 e. The van der Waals surface area contributed by atoms with Crippen LogP contribution in [0.25, 0.3) is 0 Å². The molecule has 1 aliphatic heterocycles. The van der Waals surface area contributed by atoms with Gasteiger partial charge in [0.25, 0.3) is 5.56 Å². The Morgan fingerprint density at radius 2 is 1.97 bits per heavy atom. The molecule has 1 aromatic carbocycles. The van der Waals surface area contributed by atoms with Gasteiger partial charge < -0.3 is 10.5 Å². The van der Waals surface area contributed by atoms with Gasteiger partial charge in [0.05, 0.1) is 19.2 Å². The zero-order valence-electron chi connectivity index (χ0n) is 19.3. The average Bonchev–Trinajstić information content (AvgIpc) is 3.52. The molecule has 180 valence electrons. The highest BCUT2D eigenvalue weighted by molar-refractivity contribution is 7.09. The van der Waals surface area contributed by atoms with E-state index in [1.807, 2.05) is 52.7 Å². The fourth-order valence-electron chi connectivity index (χ4n) is 4.34. The van der Waals surface area contributed by atoms with Crippen molar-refractivity contribution in [3.05, 3.63) is 84.7 Å².